The van der Waals surface area contributed by atoms with Gasteiger partial charge in [-0.1, -0.05) is 57.6 Å². The van der Waals surface area contributed by atoms with Crippen molar-refractivity contribution in [2.45, 2.75) is 51.9 Å². The molecule has 0 bridgehead atoms. The summed E-state index contributed by atoms with van der Waals surface area (Å²) in [6.07, 6.45) is 8.47. The van der Waals surface area contributed by atoms with Crippen LogP contribution in [0.15, 0.2) is 24.3 Å². The average Bonchev–Trinajstić information content (AvgIpc) is 2.42. The van der Waals surface area contributed by atoms with Crippen LogP contribution in [-0.4, -0.2) is 11.5 Å². The monoisotopic (exact) mass is 265 g/mol. The minimum Gasteiger partial charge on any atom is -0.487 e. The summed E-state index contributed by atoms with van der Waals surface area (Å²) in [6, 6.07) is 6.53. The molecule has 0 spiro atoms. The van der Waals surface area contributed by atoms with Crippen LogP contribution in [0.3, 0.4) is 0 Å². The smallest absolute Gasteiger partial charge is 0.310 e. The summed E-state index contributed by atoms with van der Waals surface area (Å²) in [5.74, 6) is 0.374. The van der Waals surface area contributed by atoms with Crippen LogP contribution in [-0.2, 0) is 0 Å². The Kier molecular flexibility index (Phi) is 7.63. The molecular formula is C15H23NO3. The first-order valence-electron chi connectivity index (χ1n) is 7.12. The highest BCUT2D eigenvalue weighted by Crippen LogP contribution is 2.25. The molecule has 19 heavy (non-hydrogen) atoms. The van der Waals surface area contributed by atoms with E-state index in [-0.39, 0.29) is 5.69 Å². The van der Waals surface area contributed by atoms with Crippen LogP contribution in [0.1, 0.15) is 51.9 Å². The highest BCUT2D eigenvalue weighted by Gasteiger charge is 2.12. The maximum absolute atomic E-state index is 10.8. The second kappa shape index (κ2) is 9.36. The Morgan fingerprint density at radius 2 is 1.68 bits per heavy atom. The van der Waals surface area contributed by atoms with Gasteiger partial charge < -0.3 is 4.74 Å². The minimum absolute atomic E-state index is 0.0467. The van der Waals surface area contributed by atoms with E-state index in [4.69, 9.17) is 4.74 Å². The second-order valence-corrected chi connectivity index (χ2v) is 4.69. The number of para-hydroxylation sites is 2. The van der Waals surface area contributed by atoms with Gasteiger partial charge in [0.25, 0.3) is 0 Å². The molecule has 0 N–H and O–H groups in total. The summed E-state index contributed by atoms with van der Waals surface area (Å²) in [5, 5.41) is 10.8. The fraction of sp³-hybridized carbons (Fsp3) is 0.600. The highest BCUT2D eigenvalue weighted by molar-refractivity contribution is 5.45. The van der Waals surface area contributed by atoms with Gasteiger partial charge in [0, 0.05) is 6.07 Å². The number of unbranched alkanes of at least 4 members (excludes halogenated alkanes) is 6. The van der Waals surface area contributed by atoms with Crippen molar-refractivity contribution in [1.82, 2.24) is 0 Å². The van der Waals surface area contributed by atoms with Crippen molar-refractivity contribution in [3.8, 4) is 5.75 Å². The van der Waals surface area contributed by atoms with Gasteiger partial charge in [-0.15, -0.1) is 0 Å². The predicted octanol–water partition coefficient (Wildman–Crippen LogP) is 4.72. The Morgan fingerprint density at radius 3 is 2.37 bits per heavy atom. The number of benzene rings is 1. The van der Waals surface area contributed by atoms with Crippen LogP contribution >= 0.6 is 0 Å². The van der Waals surface area contributed by atoms with Crippen LogP contribution in [0.5, 0.6) is 5.75 Å². The maximum atomic E-state index is 10.8. The Morgan fingerprint density at radius 1 is 1.05 bits per heavy atom. The van der Waals surface area contributed by atoms with Crippen molar-refractivity contribution in [3.05, 3.63) is 34.4 Å². The lowest BCUT2D eigenvalue weighted by atomic mass is 10.1. The van der Waals surface area contributed by atoms with Gasteiger partial charge in [0.2, 0.25) is 0 Å². The number of ether oxygens (including phenoxy) is 1. The normalized spacial score (nSPS) is 10.4. The molecule has 0 fully saturated rings. The Labute approximate surface area is 114 Å². The van der Waals surface area contributed by atoms with Crippen molar-refractivity contribution >= 4 is 5.69 Å². The van der Waals surface area contributed by atoms with E-state index in [1.807, 2.05) is 0 Å². The van der Waals surface area contributed by atoms with E-state index in [9.17, 15) is 10.1 Å². The predicted molar refractivity (Wildman–Crippen MR) is 76.6 cm³/mol. The molecule has 0 aliphatic carbocycles. The van der Waals surface area contributed by atoms with Gasteiger partial charge in [-0.3, -0.25) is 10.1 Å². The van der Waals surface area contributed by atoms with Crippen LogP contribution < -0.4 is 4.74 Å². The van der Waals surface area contributed by atoms with Crippen LogP contribution in [0.2, 0.25) is 0 Å². The molecule has 0 unspecified atom stereocenters. The van der Waals surface area contributed by atoms with E-state index < -0.39 is 4.92 Å². The Hall–Kier alpha value is -1.58. The Balaban J connectivity index is 2.17. The lowest BCUT2D eigenvalue weighted by Crippen LogP contribution is -2.00. The highest BCUT2D eigenvalue weighted by atomic mass is 16.6. The third-order valence-corrected chi connectivity index (χ3v) is 3.07. The van der Waals surface area contributed by atoms with Crippen LogP contribution in [0.4, 0.5) is 5.69 Å². The molecule has 0 saturated carbocycles. The summed E-state index contributed by atoms with van der Waals surface area (Å²) in [6.45, 7) is 2.76. The fourth-order valence-electron chi connectivity index (χ4n) is 1.97. The number of nitrogens with zero attached hydrogens (tertiary/aromatic N) is 1. The van der Waals surface area contributed by atoms with Crippen molar-refractivity contribution in [2.75, 3.05) is 6.61 Å². The minimum atomic E-state index is -0.403. The third kappa shape index (κ3) is 6.22. The zero-order chi connectivity index (χ0) is 13.9. The standard InChI is InChI=1S/C15H23NO3/c1-2-3-4-5-6-7-10-13-19-15-12-9-8-11-14(15)16(17)18/h8-9,11-12H,2-7,10,13H2,1H3. The molecule has 4 heteroatoms. The lowest BCUT2D eigenvalue weighted by molar-refractivity contribution is -0.385. The molecule has 1 rings (SSSR count). The van der Waals surface area contributed by atoms with Gasteiger partial charge >= 0.3 is 5.69 Å². The van der Waals surface area contributed by atoms with E-state index >= 15 is 0 Å². The molecule has 0 amide bonds. The van der Waals surface area contributed by atoms with E-state index in [0.717, 1.165) is 12.8 Å². The molecule has 0 aliphatic heterocycles. The zero-order valence-electron chi connectivity index (χ0n) is 11.6. The van der Waals surface area contributed by atoms with Crippen LogP contribution in [0, 0.1) is 10.1 Å². The van der Waals surface area contributed by atoms with Gasteiger partial charge in [0.05, 0.1) is 11.5 Å². The fourth-order valence-corrected chi connectivity index (χ4v) is 1.97. The largest absolute Gasteiger partial charge is 0.487 e. The SMILES string of the molecule is CCCCCCCCCOc1ccccc1[N+](=O)[O-]. The van der Waals surface area contributed by atoms with Gasteiger partial charge in [-0.2, -0.15) is 0 Å². The lowest BCUT2D eigenvalue weighted by Gasteiger charge is -2.06. The summed E-state index contributed by atoms with van der Waals surface area (Å²) < 4.78 is 5.48. The van der Waals surface area contributed by atoms with Crippen LogP contribution in [0.25, 0.3) is 0 Å². The first-order chi connectivity index (χ1) is 9.25. The van der Waals surface area contributed by atoms with Gasteiger partial charge in [0.15, 0.2) is 5.75 Å². The Bertz CT molecular complexity index is 379. The molecule has 0 saturated heterocycles. The molecule has 4 nitrogen and oxygen atoms in total. The maximum Gasteiger partial charge on any atom is 0.310 e. The zero-order valence-corrected chi connectivity index (χ0v) is 11.6. The molecule has 0 radical (unpaired) electrons. The summed E-state index contributed by atoms with van der Waals surface area (Å²) in [7, 11) is 0. The van der Waals surface area contributed by atoms with Crippen molar-refractivity contribution < 1.29 is 9.66 Å². The van der Waals surface area contributed by atoms with Gasteiger partial charge in [0.1, 0.15) is 0 Å². The van der Waals surface area contributed by atoms with Crippen molar-refractivity contribution in [3.63, 3.8) is 0 Å². The summed E-state index contributed by atoms with van der Waals surface area (Å²) in [4.78, 5) is 10.4. The molecule has 106 valence electrons. The number of hydrogen-bond donors (Lipinski definition) is 0. The first-order valence-corrected chi connectivity index (χ1v) is 7.12. The average molecular weight is 265 g/mol. The first kappa shape index (κ1) is 15.5. The number of rotatable bonds is 10. The van der Waals surface area contributed by atoms with Crippen molar-refractivity contribution in [1.29, 1.82) is 0 Å². The van der Waals surface area contributed by atoms with E-state index in [1.165, 1.54) is 38.2 Å². The molecule has 0 heterocycles. The summed E-state index contributed by atoms with van der Waals surface area (Å²) >= 11 is 0. The number of nitro groups is 1. The molecule has 0 atom stereocenters. The van der Waals surface area contributed by atoms with E-state index in [0.29, 0.717) is 12.4 Å². The molecule has 1 aromatic carbocycles. The van der Waals surface area contributed by atoms with E-state index in [1.54, 1.807) is 18.2 Å². The number of hydrogen-bond acceptors (Lipinski definition) is 3. The second-order valence-electron chi connectivity index (χ2n) is 4.69. The third-order valence-electron chi connectivity index (χ3n) is 3.07. The quantitative estimate of drug-likeness (QED) is 0.349. The molecule has 0 aromatic heterocycles. The van der Waals surface area contributed by atoms with Gasteiger partial charge in [-0.05, 0) is 12.5 Å². The van der Waals surface area contributed by atoms with Gasteiger partial charge in [-0.25, -0.2) is 0 Å². The number of nitro benzene ring substituents is 1. The molecular weight excluding hydrogens is 242 g/mol. The summed E-state index contributed by atoms with van der Waals surface area (Å²) in [5.41, 5.74) is 0.0467. The topological polar surface area (TPSA) is 52.4 Å². The van der Waals surface area contributed by atoms with E-state index in [2.05, 4.69) is 6.92 Å². The molecule has 0 aliphatic rings. The molecule has 1 aromatic rings. The van der Waals surface area contributed by atoms with Crippen molar-refractivity contribution in [2.24, 2.45) is 0 Å².